The highest BCUT2D eigenvalue weighted by molar-refractivity contribution is 8.15. The quantitative estimate of drug-likeness (QED) is 0.611. The summed E-state index contributed by atoms with van der Waals surface area (Å²) < 4.78 is 27.6. The van der Waals surface area contributed by atoms with Crippen molar-refractivity contribution in [2.24, 2.45) is 5.92 Å². The molecule has 1 aromatic rings. The molecule has 0 radical (unpaired) electrons. The van der Waals surface area contributed by atoms with Gasteiger partial charge in [0.2, 0.25) is 0 Å². The van der Waals surface area contributed by atoms with Gasteiger partial charge in [0, 0.05) is 15.6 Å². The molecule has 4 nitrogen and oxygen atoms in total. The summed E-state index contributed by atoms with van der Waals surface area (Å²) >= 11 is 1.01. The van der Waals surface area contributed by atoms with Gasteiger partial charge in [0.1, 0.15) is 4.21 Å². The molecule has 1 heterocycles. The predicted octanol–water partition coefficient (Wildman–Crippen LogP) is 3.34. The molecular formula is C13H17ClO4S2. The molecule has 0 aromatic carbocycles. The fraction of sp³-hybridized carbons (Fsp3) is 0.615. The van der Waals surface area contributed by atoms with E-state index in [1.807, 2.05) is 0 Å². The highest BCUT2D eigenvalue weighted by atomic mass is 35.7. The molecule has 112 valence electrons. The molecule has 1 fully saturated rings. The van der Waals surface area contributed by atoms with Crippen LogP contribution in [-0.2, 0) is 25.0 Å². The fourth-order valence-electron chi connectivity index (χ4n) is 2.34. The molecule has 0 unspecified atom stereocenters. The van der Waals surface area contributed by atoms with Crippen molar-refractivity contribution in [3.05, 3.63) is 17.0 Å². The summed E-state index contributed by atoms with van der Waals surface area (Å²) in [5.41, 5.74) is 0. The van der Waals surface area contributed by atoms with E-state index in [0.717, 1.165) is 24.2 Å². The Balaban J connectivity index is 1.80. The van der Waals surface area contributed by atoms with Crippen molar-refractivity contribution in [3.63, 3.8) is 0 Å². The number of rotatable bonds is 5. The van der Waals surface area contributed by atoms with Crippen molar-refractivity contribution in [2.75, 3.05) is 6.61 Å². The Morgan fingerprint density at radius 2 is 2.00 bits per heavy atom. The number of esters is 1. The monoisotopic (exact) mass is 336 g/mol. The topological polar surface area (TPSA) is 60.4 Å². The molecule has 7 heteroatoms. The number of hydrogen-bond donors (Lipinski definition) is 0. The van der Waals surface area contributed by atoms with Crippen LogP contribution in [-0.4, -0.2) is 21.0 Å². The third-order valence-electron chi connectivity index (χ3n) is 3.40. The molecule has 20 heavy (non-hydrogen) atoms. The summed E-state index contributed by atoms with van der Waals surface area (Å²) in [7, 11) is 1.53. The maximum Gasteiger partial charge on any atom is 0.311 e. The summed E-state index contributed by atoms with van der Waals surface area (Å²) in [4.78, 5) is 12.4. The molecule has 0 spiro atoms. The van der Waals surface area contributed by atoms with Crippen LogP contribution in [0.25, 0.3) is 0 Å². The number of hydrogen-bond acceptors (Lipinski definition) is 5. The summed E-state index contributed by atoms with van der Waals surface area (Å²) in [6.45, 7) is 0.477. The Labute approximate surface area is 127 Å². The normalized spacial score (nSPS) is 17.1. The number of ether oxygens (including phenoxy) is 1. The lowest BCUT2D eigenvalue weighted by Gasteiger charge is -2.20. The van der Waals surface area contributed by atoms with Crippen molar-refractivity contribution in [1.29, 1.82) is 0 Å². The SMILES string of the molecule is O=C(Cc1ccc(S(=O)(=O)Cl)s1)OCC1CCCCC1. The van der Waals surface area contributed by atoms with Crippen molar-refractivity contribution in [3.8, 4) is 0 Å². The zero-order valence-corrected chi connectivity index (χ0v) is 13.4. The second-order valence-corrected chi connectivity index (χ2v) is 8.98. The van der Waals surface area contributed by atoms with Crippen LogP contribution < -0.4 is 0 Å². The first-order chi connectivity index (χ1) is 9.45. The third-order valence-corrected chi connectivity index (χ3v) is 6.58. The van der Waals surface area contributed by atoms with E-state index in [4.69, 9.17) is 15.4 Å². The molecule has 1 aromatic heterocycles. The van der Waals surface area contributed by atoms with Crippen LogP contribution in [0.15, 0.2) is 16.3 Å². The largest absolute Gasteiger partial charge is 0.465 e. The molecule has 0 saturated heterocycles. The van der Waals surface area contributed by atoms with Crippen LogP contribution in [0.3, 0.4) is 0 Å². The highest BCUT2D eigenvalue weighted by Crippen LogP contribution is 2.26. The molecule has 2 rings (SSSR count). The first kappa shape index (κ1) is 15.8. The van der Waals surface area contributed by atoms with Crippen LogP contribution >= 0.6 is 22.0 Å². The zero-order valence-electron chi connectivity index (χ0n) is 11.0. The molecule has 1 saturated carbocycles. The van der Waals surface area contributed by atoms with Crippen LogP contribution in [0.4, 0.5) is 0 Å². The third kappa shape index (κ3) is 4.75. The Morgan fingerprint density at radius 3 is 2.60 bits per heavy atom. The van der Waals surface area contributed by atoms with Gasteiger partial charge in [-0.15, -0.1) is 11.3 Å². The lowest BCUT2D eigenvalue weighted by atomic mass is 9.90. The van der Waals surface area contributed by atoms with Crippen LogP contribution in [0.2, 0.25) is 0 Å². The van der Waals surface area contributed by atoms with Gasteiger partial charge < -0.3 is 4.74 Å². The van der Waals surface area contributed by atoms with Crippen molar-refractivity contribution in [1.82, 2.24) is 0 Å². The van der Waals surface area contributed by atoms with E-state index in [0.29, 0.717) is 17.4 Å². The van der Waals surface area contributed by atoms with E-state index in [2.05, 4.69) is 0 Å². The molecule has 0 atom stereocenters. The van der Waals surface area contributed by atoms with Crippen LogP contribution in [0.5, 0.6) is 0 Å². The average molecular weight is 337 g/mol. The van der Waals surface area contributed by atoms with Gasteiger partial charge in [0.15, 0.2) is 0 Å². The van der Waals surface area contributed by atoms with Gasteiger partial charge in [-0.25, -0.2) is 8.42 Å². The molecule has 1 aliphatic carbocycles. The van der Waals surface area contributed by atoms with Gasteiger partial charge in [0.25, 0.3) is 9.05 Å². The fourth-order valence-corrected chi connectivity index (χ4v) is 4.45. The van der Waals surface area contributed by atoms with Crippen molar-refractivity contribution < 1.29 is 17.9 Å². The number of halogens is 1. The van der Waals surface area contributed by atoms with Crippen molar-refractivity contribution in [2.45, 2.75) is 42.7 Å². The minimum atomic E-state index is -3.71. The zero-order chi connectivity index (χ0) is 14.6. The molecule has 0 amide bonds. The molecular weight excluding hydrogens is 320 g/mol. The van der Waals surface area contributed by atoms with E-state index in [1.165, 1.54) is 25.3 Å². The Bertz CT molecular complexity index is 559. The van der Waals surface area contributed by atoms with Gasteiger partial charge in [-0.05, 0) is 30.9 Å². The Kier molecular flexibility index (Phi) is 5.46. The maximum absolute atomic E-state index is 11.7. The minimum Gasteiger partial charge on any atom is -0.465 e. The molecule has 0 aliphatic heterocycles. The number of carbonyl (C=O) groups is 1. The average Bonchev–Trinajstić information content (AvgIpc) is 2.86. The van der Waals surface area contributed by atoms with Gasteiger partial charge in [-0.1, -0.05) is 19.3 Å². The summed E-state index contributed by atoms with van der Waals surface area (Å²) in [6, 6.07) is 3.01. The van der Waals surface area contributed by atoms with Gasteiger partial charge in [0.05, 0.1) is 13.0 Å². The van der Waals surface area contributed by atoms with Crippen LogP contribution in [0, 0.1) is 5.92 Å². The van der Waals surface area contributed by atoms with E-state index >= 15 is 0 Å². The number of thiophene rings is 1. The Morgan fingerprint density at radius 1 is 1.30 bits per heavy atom. The van der Waals surface area contributed by atoms with Gasteiger partial charge in [-0.2, -0.15) is 0 Å². The summed E-state index contributed by atoms with van der Waals surface area (Å²) in [5.74, 6) is 0.172. The second kappa shape index (κ2) is 6.91. The minimum absolute atomic E-state index is 0.0641. The lowest BCUT2D eigenvalue weighted by molar-refractivity contribution is -0.144. The smallest absolute Gasteiger partial charge is 0.311 e. The predicted molar refractivity (Wildman–Crippen MR) is 78.6 cm³/mol. The van der Waals surface area contributed by atoms with Crippen molar-refractivity contribution >= 4 is 37.0 Å². The van der Waals surface area contributed by atoms with E-state index in [1.54, 1.807) is 6.07 Å². The van der Waals surface area contributed by atoms with E-state index in [9.17, 15) is 13.2 Å². The molecule has 0 N–H and O–H groups in total. The molecule has 0 bridgehead atoms. The van der Waals surface area contributed by atoms with Gasteiger partial charge in [-0.3, -0.25) is 4.79 Å². The standard InChI is InChI=1S/C13H17ClO4S2/c14-20(16,17)13-7-6-11(19-13)8-12(15)18-9-10-4-2-1-3-5-10/h6-7,10H,1-5,8-9H2. The van der Waals surface area contributed by atoms with E-state index in [-0.39, 0.29) is 16.6 Å². The highest BCUT2D eigenvalue weighted by Gasteiger charge is 2.17. The summed E-state index contributed by atoms with van der Waals surface area (Å²) in [5, 5.41) is 0. The summed E-state index contributed by atoms with van der Waals surface area (Å²) in [6.07, 6.45) is 6.05. The van der Waals surface area contributed by atoms with Gasteiger partial charge >= 0.3 is 5.97 Å². The molecule has 1 aliphatic rings. The Hall–Kier alpha value is -0.590. The first-order valence-electron chi connectivity index (χ1n) is 6.64. The lowest BCUT2D eigenvalue weighted by Crippen LogP contribution is -2.17. The maximum atomic E-state index is 11.7. The second-order valence-electron chi connectivity index (χ2n) is 5.02. The van der Waals surface area contributed by atoms with E-state index < -0.39 is 9.05 Å². The first-order valence-corrected chi connectivity index (χ1v) is 9.77. The number of carbonyl (C=O) groups excluding carboxylic acids is 1. The van der Waals surface area contributed by atoms with Crippen LogP contribution in [0.1, 0.15) is 37.0 Å².